The Labute approximate surface area is 82.4 Å². The van der Waals surface area contributed by atoms with E-state index in [1.807, 2.05) is 0 Å². The molecule has 0 aromatic rings. The summed E-state index contributed by atoms with van der Waals surface area (Å²) in [5.74, 6) is 2.75. The van der Waals surface area contributed by atoms with E-state index in [9.17, 15) is 0 Å². The van der Waals surface area contributed by atoms with Gasteiger partial charge in [-0.2, -0.15) is 0 Å². The van der Waals surface area contributed by atoms with Crippen molar-refractivity contribution >= 4 is 0 Å². The lowest BCUT2D eigenvalue weighted by Crippen LogP contribution is -2.48. The summed E-state index contributed by atoms with van der Waals surface area (Å²) in [7, 11) is 0. The highest BCUT2D eigenvalue weighted by Crippen LogP contribution is 2.60. The molecule has 13 heavy (non-hydrogen) atoms. The van der Waals surface area contributed by atoms with E-state index < -0.39 is 0 Å². The van der Waals surface area contributed by atoms with Crippen molar-refractivity contribution in [2.45, 2.75) is 47.0 Å². The van der Waals surface area contributed by atoms with Gasteiger partial charge in [-0.15, -0.1) is 0 Å². The van der Waals surface area contributed by atoms with Crippen LogP contribution in [0.5, 0.6) is 0 Å². The molecule has 2 atom stereocenters. The molecule has 3 rings (SSSR count). The fraction of sp³-hybridized carbons (Fsp3) is 0.846. The Balaban J connectivity index is 2.10. The molecule has 0 saturated heterocycles. The zero-order chi connectivity index (χ0) is 9.64. The molecule has 0 unspecified atom stereocenters. The van der Waals surface area contributed by atoms with Crippen LogP contribution in [0.25, 0.3) is 0 Å². The molecule has 0 nitrogen and oxygen atoms in total. The number of allylic oxidation sites excluding steroid dienone is 2. The monoisotopic (exact) mass is 178 g/mol. The molecule has 0 spiro atoms. The first-order chi connectivity index (χ1) is 6.01. The van der Waals surface area contributed by atoms with Crippen molar-refractivity contribution in [1.82, 2.24) is 0 Å². The normalized spacial score (nSPS) is 35.6. The first-order valence-electron chi connectivity index (χ1n) is 5.70. The fourth-order valence-electron chi connectivity index (χ4n) is 3.18. The van der Waals surface area contributed by atoms with Crippen LogP contribution in [0.3, 0.4) is 0 Å². The van der Waals surface area contributed by atoms with Crippen molar-refractivity contribution in [3.63, 3.8) is 0 Å². The Morgan fingerprint density at radius 2 is 2.15 bits per heavy atom. The summed E-state index contributed by atoms with van der Waals surface area (Å²) >= 11 is 0. The minimum absolute atomic E-state index is 0.624. The molecule has 0 heterocycles. The van der Waals surface area contributed by atoms with Gasteiger partial charge in [0, 0.05) is 0 Å². The highest BCUT2D eigenvalue weighted by molar-refractivity contribution is 5.23. The van der Waals surface area contributed by atoms with Gasteiger partial charge in [-0.05, 0) is 42.4 Å². The highest BCUT2D eigenvalue weighted by atomic mass is 14.5. The average Bonchev–Trinajstić information content (AvgIpc) is 2.03. The van der Waals surface area contributed by atoms with Crippen molar-refractivity contribution in [3.05, 3.63) is 11.6 Å². The molecular weight excluding hydrogens is 156 g/mol. The van der Waals surface area contributed by atoms with E-state index in [1.54, 1.807) is 5.57 Å². The molecule has 1 saturated carbocycles. The third kappa shape index (κ3) is 1.35. The molecule has 0 radical (unpaired) electrons. The predicted octanol–water partition coefficient (Wildman–Crippen LogP) is 4.02. The van der Waals surface area contributed by atoms with Crippen LogP contribution in [0, 0.1) is 23.2 Å². The zero-order valence-electron chi connectivity index (χ0n) is 9.43. The van der Waals surface area contributed by atoms with Crippen LogP contribution in [-0.4, -0.2) is 0 Å². The van der Waals surface area contributed by atoms with E-state index in [1.165, 1.54) is 19.3 Å². The van der Waals surface area contributed by atoms with Crippen LogP contribution in [0.15, 0.2) is 11.6 Å². The minimum atomic E-state index is 0.624. The van der Waals surface area contributed by atoms with Gasteiger partial charge in [0.1, 0.15) is 0 Å². The standard InChI is InChI=1S/C13H22/c1-9(2)7-10-5-6-11-8-12(10)13(11,3)4/h5,9,11-12H,6-8H2,1-4H3/t11-,12-/m1/s1. The van der Waals surface area contributed by atoms with Gasteiger partial charge < -0.3 is 0 Å². The van der Waals surface area contributed by atoms with Crippen molar-refractivity contribution < 1.29 is 0 Å². The molecule has 0 amide bonds. The molecule has 0 heteroatoms. The lowest BCUT2D eigenvalue weighted by Gasteiger charge is -2.56. The Bertz CT molecular complexity index is 232. The maximum atomic E-state index is 2.53. The quantitative estimate of drug-likeness (QED) is 0.560. The molecule has 0 aromatic carbocycles. The summed E-state index contributed by atoms with van der Waals surface area (Å²) in [6.45, 7) is 9.58. The number of fused-ring (bicyclic) bond motifs is 1. The Hall–Kier alpha value is -0.260. The molecule has 3 aliphatic carbocycles. The fourth-order valence-corrected chi connectivity index (χ4v) is 3.18. The van der Waals surface area contributed by atoms with Gasteiger partial charge in [-0.25, -0.2) is 0 Å². The van der Waals surface area contributed by atoms with E-state index >= 15 is 0 Å². The topological polar surface area (TPSA) is 0 Å². The Morgan fingerprint density at radius 3 is 2.62 bits per heavy atom. The van der Waals surface area contributed by atoms with Crippen molar-refractivity contribution in [2.24, 2.45) is 23.2 Å². The summed E-state index contributed by atoms with van der Waals surface area (Å²) in [6, 6.07) is 0. The summed E-state index contributed by atoms with van der Waals surface area (Å²) < 4.78 is 0. The van der Waals surface area contributed by atoms with E-state index in [0.29, 0.717) is 5.41 Å². The van der Waals surface area contributed by atoms with Crippen LogP contribution in [0.1, 0.15) is 47.0 Å². The van der Waals surface area contributed by atoms with Gasteiger partial charge in [0.2, 0.25) is 0 Å². The van der Waals surface area contributed by atoms with Crippen LogP contribution < -0.4 is 0 Å². The number of rotatable bonds is 2. The second-order valence-electron chi connectivity index (χ2n) is 5.92. The molecule has 74 valence electrons. The van der Waals surface area contributed by atoms with Crippen molar-refractivity contribution in [3.8, 4) is 0 Å². The van der Waals surface area contributed by atoms with Crippen molar-refractivity contribution in [1.29, 1.82) is 0 Å². The lowest BCUT2D eigenvalue weighted by molar-refractivity contribution is -0.00919. The maximum absolute atomic E-state index is 2.53. The van der Waals surface area contributed by atoms with Crippen LogP contribution >= 0.6 is 0 Å². The predicted molar refractivity (Wildman–Crippen MR) is 57.5 cm³/mol. The third-order valence-electron chi connectivity index (χ3n) is 4.23. The van der Waals surface area contributed by atoms with Crippen LogP contribution in [0.2, 0.25) is 0 Å². The zero-order valence-corrected chi connectivity index (χ0v) is 9.43. The molecular formula is C13H22. The average molecular weight is 178 g/mol. The van der Waals surface area contributed by atoms with Gasteiger partial charge >= 0.3 is 0 Å². The lowest BCUT2D eigenvalue weighted by atomic mass is 9.48. The molecule has 3 aliphatic rings. The Kier molecular flexibility index (Phi) is 2.05. The first kappa shape index (κ1) is 9.30. The van der Waals surface area contributed by atoms with E-state index in [4.69, 9.17) is 0 Å². The van der Waals surface area contributed by atoms with Gasteiger partial charge in [0.25, 0.3) is 0 Å². The van der Waals surface area contributed by atoms with Crippen LogP contribution in [-0.2, 0) is 0 Å². The first-order valence-corrected chi connectivity index (χ1v) is 5.70. The molecule has 0 aromatic heterocycles. The molecule has 0 aliphatic heterocycles. The Morgan fingerprint density at radius 1 is 1.46 bits per heavy atom. The molecule has 2 bridgehead atoms. The largest absolute Gasteiger partial charge is 0.0847 e. The van der Waals surface area contributed by atoms with Gasteiger partial charge in [-0.1, -0.05) is 39.3 Å². The van der Waals surface area contributed by atoms with E-state index in [-0.39, 0.29) is 0 Å². The minimum Gasteiger partial charge on any atom is -0.0847 e. The number of hydrogen-bond donors (Lipinski definition) is 0. The van der Waals surface area contributed by atoms with Gasteiger partial charge in [-0.3, -0.25) is 0 Å². The van der Waals surface area contributed by atoms with E-state index in [0.717, 1.165) is 17.8 Å². The smallest absolute Gasteiger partial charge is 0.0146 e. The summed E-state index contributed by atoms with van der Waals surface area (Å²) in [6.07, 6.45) is 6.70. The second kappa shape index (κ2) is 2.87. The van der Waals surface area contributed by atoms with E-state index in [2.05, 4.69) is 33.8 Å². The summed E-state index contributed by atoms with van der Waals surface area (Å²) in [5.41, 5.74) is 2.39. The van der Waals surface area contributed by atoms with Gasteiger partial charge in [0.15, 0.2) is 0 Å². The second-order valence-corrected chi connectivity index (χ2v) is 5.92. The SMILES string of the molecule is CC(C)CC1=CC[C@@H]2C[C@H]1C2(C)C. The summed E-state index contributed by atoms with van der Waals surface area (Å²) in [5, 5.41) is 0. The maximum Gasteiger partial charge on any atom is -0.0146 e. The molecule has 1 fully saturated rings. The third-order valence-corrected chi connectivity index (χ3v) is 4.23. The van der Waals surface area contributed by atoms with Crippen molar-refractivity contribution in [2.75, 3.05) is 0 Å². The van der Waals surface area contributed by atoms with Crippen LogP contribution in [0.4, 0.5) is 0 Å². The number of hydrogen-bond acceptors (Lipinski definition) is 0. The highest BCUT2D eigenvalue weighted by Gasteiger charge is 2.50. The summed E-state index contributed by atoms with van der Waals surface area (Å²) in [4.78, 5) is 0. The molecule has 0 N–H and O–H groups in total. The van der Waals surface area contributed by atoms with Gasteiger partial charge in [0.05, 0.1) is 0 Å².